The van der Waals surface area contributed by atoms with E-state index in [-0.39, 0.29) is 5.91 Å². The Hall–Kier alpha value is -2.88. The lowest BCUT2D eigenvalue weighted by atomic mass is 9.98. The highest BCUT2D eigenvalue weighted by molar-refractivity contribution is 5.92. The Morgan fingerprint density at radius 1 is 1.12 bits per heavy atom. The van der Waals surface area contributed by atoms with Gasteiger partial charge in [0.05, 0.1) is 6.20 Å². The first kappa shape index (κ1) is 17.9. The molecule has 4 nitrogen and oxygen atoms in total. The number of aromatic nitrogens is 1. The number of benzene rings is 2. The number of carbonyl (C=O) groups is 1. The zero-order valence-corrected chi connectivity index (χ0v) is 15.5. The maximum atomic E-state index is 12.4. The van der Waals surface area contributed by atoms with Crippen molar-refractivity contribution >= 4 is 11.6 Å². The van der Waals surface area contributed by atoms with Crippen LogP contribution in [-0.2, 0) is 11.2 Å². The van der Waals surface area contributed by atoms with Crippen LogP contribution in [0.1, 0.15) is 43.2 Å². The fourth-order valence-corrected chi connectivity index (χ4v) is 2.93. The number of carbonyl (C=O) groups excluding carboxylic acids is 1. The van der Waals surface area contributed by atoms with Gasteiger partial charge < -0.3 is 9.73 Å². The Morgan fingerprint density at radius 3 is 2.62 bits per heavy atom. The van der Waals surface area contributed by atoms with Gasteiger partial charge >= 0.3 is 0 Å². The van der Waals surface area contributed by atoms with Gasteiger partial charge in [0.15, 0.2) is 11.7 Å². The SMILES string of the molecule is Cc1cccc(C(C)C)c1NC(=O)CCc1ncc(-c2ccccc2)o1. The molecule has 0 bridgehead atoms. The molecule has 1 aromatic heterocycles. The second-order valence-electron chi connectivity index (χ2n) is 6.73. The van der Waals surface area contributed by atoms with Crippen molar-refractivity contribution < 1.29 is 9.21 Å². The van der Waals surface area contributed by atoms with E-state index in [4.69, 9.17) is 4.42 Å². The number of hydrogen-bond acceptors (Lipinski definition) is 3. The third kappa shape index (κ3) is 4.20. The first-order valence-corrected chi connectivity index (χ1v) is 8.94. The highest BCUT2D eigenvalue weighted by Crippen LogP contribution is 2.27. The molecule has 0 aliphatic carbocycles. The van der Waals surface area contributed by atoms with Crippen molar-refractivity contribution in [2.45, 2.75) is 39.5 Å². The van der Waals surface area contributed by atoms with Gasteiger partial charge in [-0.1, -0.05) is 62.4 Å². The minimum absolute atomic E-state index is 0.0272. The van der Waals surface area contributed by atoms with Gasteiger partial charge in [0.1, 0.15) is 0 Å². The van der Waals surface area contributed by atoms with Crippen LogP contribution in [0.3, 0.4) is 0 Å². The monoisotopic (exact) mass is 348 g/mol. The Morgan fingerprint density at radius 2 is 1.88 bits per heavy atom. The van der Waals surface area contributed by atoms with Crippen LogP contribution in [0.15, 0.2) is 59.1 Å². The quantitative estimate of drug-likeness (QED) is 0.654. The van der Waals surface area contributed by atoms with E-state index in [0.29, 0.717) is 24.7 Å². The van der Waals surface area contributed by atoms with Crippen molar-refractivity contribution in [2.75, 3.05) is 5.32 Å². The molecule has 0 radical (unpaired) electrons. The summed E-state index contributed by atoms with van der Waals surface area (Å²) in [4.78, 5) is 16.7. The zero-order valence-electron chi connectivity index (χ0n) is 15.5. The van der Waals surface area contributed by atoms with E-state index in [1.54, 1.807) is 6.20 Å². The minimum atomic E-state index is -0.0272. The number of aryl methyl sites for hydroxylation is 2. The summed E-state index contributed by atoms with van der Waals surface area (Å²) in [7, 11) is 0. The number of hydrogen-bond donors (Lipinski definition) is 1. The van der Waals surface area contributed by atoms with Gasteiger partial charge in [-0.15, -0.1) is 0 Å². The molecular formula is C22H24N2O2. The van der Waals surface area contributed by atoms with Gasteiger partial charge in [-0.3, -0.25) is 4.79 Å². The summed E-state index contributed by atoms with van der Waals surface area (Å²) in [6.07, 6.45) is 2.52. The van der Waals surface area contributed by atoms with Crippen molar-refractivity contribution in [1.29, 1.82) is 0 Å². The molecule has 0 aliphatic rings. The number of para-hydroxylation sites is 1. The summed E-state index contributed by atoms with van der Waals surface area (Å²) in [5, 5.41) is 3.06. The molecule has 0 saturated carbocycles. The topological polar surface area (TPSA) is 55.1 Å². The van der Waals surface area contributed by atoms with Crippen molar-refractivity contribution in [1.82, 2.24) is 4.98 Å². The Labute approximate surface area is 154 Å². The molecule has 4 heteroatoms. The van der Waals surface area contributed by atoms with Crippen LogP contribution in [0.25, 0.3) is 11.3 Å². The predicted octanol–water partition coefficient (Wildman–Crippen LogP) is 5.34. The van der Waals surface area contributed by atoms with Gasteiger partial charge in [-0.2, -0.15) is 0 Å². The maximum Gasteiger partial charge on any atom is 0.224 e. The molecule has 1 heterocycles. The number of rotatable bonds is 6. The summed E-state index contributed by atoms with van der Waals surface area (Å²) >= 11 is 0. The van der Waals surface area contributed by atoms with Crippen molar-refractivity contribution in [3.63, 3.8) is 0 Å². The number of nitrogens with zero attached hydrogens (tertiary/aromatic N) is 1. The lowest BCUT2D eigenvalue weighted by molar-refractivity contribution is -0.116. The van der Waals surface area contributed by atoms with Crippen molar-refractivity contribution in [3.05, 3.63) is 71.7 Å². The first-order chi connectivity index (χ1) is 12.5. The molecule has 0 saturated heterocycles. The highest BCUT2D eigenvalue weighted by atomic mass is 16.4. The van der Waals surface area contributed by atoms with E-state index < -0.39 is 0 Å². The van der Waals surface area contributed by atoms with Crippen LogP contribution in [0.4, 0.5) is 5.69 Å². The summed E-state index contributed by atoms with van der Waals surface area (Å²) < 4.78 is 5.76. The summed E-state index contributed by atoms with van der Waals surface area (Å²) in [5.74, 6) is 1.63. The number of nitrogens with one attached hydrogen (secondary N) is 1. The van der Waals surface area contributed by atoms with Crippen LogP contribution < -0.4 is 5.32 Å². The molecule has 0 atom stereocenters. The molecule has 0 aliphatic heterocycles. The Bertz CT molecular complexity index is 882. The molecule has 2 aromatic carbocycles. The fraction of sp³-hybridized carbons (Fsp3) is 0.273. The smallest absolute Gasteiger partial charge is 0.224 e. The average Bonchev–Trinajstić information content (AvgIpc) is 3.11. The van der Waals surface area contributed by atoms with Crippen molar-refractivity contribution in [2.24, 2.45) is 0 Å². The Balaban J connectivity index is 1.63. The highest BCUT2D eigenvalue weighted by Gasteiger charge is 2.13. The van der Waals surface area contributed by atoms with E-state index in [0.717, 1.165) is 28.1 Å². The molecule has 1 N–H and O–H groups in total. The number of oxazole rings is 1. The summed E-state index contributed by atoms with van der Waals surface area (Å²) in [6, 6.07) is 15.9. The number of anilines is 1. The molecule has 3 rings (SSSR count). The molecule has 1 amide bonds. The average molecular weight is 348 g/mol. The zero-order chi connectivity index (χ0) is 18.5. The molecular weight excluding hydrogens is 324 g/mol. The molecule has 134 valence electrons. The van der Waals surface area contributed by atoms with E-state index in [1.807, 2.05) is 49.4 Å². The summed E-state index contributed by atoms with van der Waals surface area (Å²) in [6.45, 7) is 6.27. The predicted molar refractivity (Wildman–Crippen MR) is 104 cm³/mol. The third-order valence-electron chi connectivity index (χ3n) is 4.37. The Kier molecular flexibility index (Phi) is 5.52. The lowest BCUT2D eigenvalue weighted by Gasteiger charge is -2.16. The number of amides is 1. The van der Waals surface area contributed by atoms with Gasteiger partial charge in [0.25, 0.3) is 0 Å². The second-order valence-corrected chi connectivity index (χ2v) is 6.73. The lowest BCUT2D eigenvalue weighted by Crippen LogP contribution is -2.15. The summed E-state index contributed by atoms with van der Waals surface area (Å²) in [5.41, 5.74) is 4.13. The molecule has 0 unspecified atom stereocenters. The van der Waals surface area contributed by atoms with Gasteiger partial charge in [-0.25, -0.2) is 4.98 Å². The minimum Gasteiger partial charge on any atom is -0.441 e. The van der Waals surface area contributed by atoms with Gasteiger partial charge in [0.2, 0.25) is 5.91 Å². The molecule has 26 heavy (non-hydrogen) atoms. The van der Waals surface area contributed by atoms with Crippen LogP contribution >= 0.6 is 0 Å². The largest absolute Gasteiger partial charge is 0.441 e. The first-order valence-electron chi connectivity index (χ1n) is 8.94. The third-order valence-corrected chi connectivity index (χ3v) is 4.37. The van der Waals surface area contributed by atoms with Gasteiger partial charge in [0, 0.05) is 24.1 Å². The van der Waals surface area contributed by atoms with E-state index in [2.05, 4.69) is 30.2 Å². The standard InChI is InChI=1S/C22H24N2O2/c1-15(2)18-11-7-8-16(3)22(18)24-20(25)12-13-21-23-14-19(26-21)17-9-5-4-6-10-17/h4-11,14-15H,12-13H2,1-3H3,(H,24,25). The molecule has 0 spiro atoms. The van der Waals surface area contributed by atoms with E-state index in [9.17, 15) is 4.79 Å². The fourth-order valence-electron chi connectivity index (χ4n) is 2.93. The van der Waals surface area contributed by atoms with E-state index in [1.165, 1.54) is 0 Å². The van der Waals surface area contributed by atoms with Crippen LogP contribution in [0, 0.1) is 6.92 Å². The van der Waals surface area contributed by atoms with Crippen molar-refractivity contribution in [3.8, 4) is 11.3 Å². The maximum absolute atomic E-state index is 12.4. The van der Waals surface area contributed by atoms with Crippen LogP contribution in [0.5, 0.6) is 0 Å². The van der Waals surface area contributed by atoms with E-state index >= 15 is 0 Å². The molecule has 0 fully saturated rings. The normalized spacial score (nSPS) is 10.9. The van der Waals surface area contributed by atoms with Crippen LogP contribution in [-0.4, -0.2) is 10.9 Å². The van der Waals surface area contributed by atoms with Gasteiger partial charge in [-0.05, 0) is 24.0 Å². The molecule has 3 aromatic rings. The second kappa shape index (κ2) is 8.00. The van der Waals surface area contributed by atoms with Crippen LogP contribution in [0.2, 0.25) is 0 Å².